The van der Waals surface area contributed by atoms with E-state index in [9.17, 15) is 13.6 Å². The Labute approximate surface area is 112 Å². The summed E-state index contributed by atoms with van der Waals surface area (Å²) >= 11 is 0. The molecule has 1 aromatic rings. The lowest BCUT2D eigenvalue weighted by molar-refractivity contribution is -0.126. The molecule has 1 aromatic carbocycles. The molecule has 0 aliphatic heterocycles. The van der Waals surface area contributed by atoms with Gasteiger partial charge in [0, 0.05) is 18.2 Å². The minimum absolute atomic E-state index is 0.107. The van der Waals surface area contributed by atoms with E-state index in [-0.39, 0.29) is 29.9 Å². The van der Waals surface area contributed by atoms with E-state index in [1.807, 2.05) is 13.8 Å². The third kappa shape index (κ3) is 3.99. The van der Waals surface area contributed by atoms with Gasteiger partial charge in [-0.25, -0.2) is 8.78 Å². The Bertz CT molecular complexity index is 449. The average molecular weight is 270 g/mol. The maximum Gasteiger partial charge on any atom is 0.225 e. The molecule has 0 spiro atoms. The molecule has 0 saturated carbocycles. The minimum atomic E-state index is -0.665. The molecular formula is C14H20F2N2O. The van der Waals surface area contributed by atoms with Crippen molar-refractivity contribution in [3.05, 3.63) is 35.4 Å². The Morgan fingerprint density at radius 1 is 1.32 bits per heavy atom. The smallest absolute Gasteiger partial charge is 0.225 e. The monoisotopic (exact) mass is 270 g/mol. The molecule has 5 heteroatoms. The summed E-state index contributed by atoms with van der Waals surface area (Å²) in [4.78, 5) is 12.0. The molecule has 0 bridgehead atoms. The molecule has 19 heavy (non-hydrogen) atoms. The molecule has 2 unspecified atom stereocenters. The first-order valence-corrected chi connectivity index (χ1v) is 6.32. The summed E-state index contributed by atoms with van der Waals surface area (Å²) in [5, 5.41) is 2.71. The van der Waals surface area contributed by atoms with Gasteiger partial charge in [0.1, 0.15) is 11.6 Å². The van der Waals surface area contributed by atoms with Crippen LogP contribution in [-0.2, 0) is 4.79 Å². The number of nitrogens with two attached hydrogens (primary N) is 1. The highest BCUT2D eigenvalue weighted by Gasteiger charge is 2.23. The zero-order valence-electron chi connectivity index (χ0n) is 11.4. The summed E-state index contributed by atoms with van der Waals surface area (Å²) < 4.78 is 26.4. The van der Waals surface area contributed by atoms with Gasteiger partial charge in [-0.1, -0.05) is 19.9 Å². The van der Waals surface area contributed by atoms with Crippen LogP contribution in [0.1, 0.15) is 32.4 Å². The van der Waals surface area contributed by atoms with Crippen molar-refractivity contribution in [2.45, 2.75) is 26.8 Å². The van der Waals surface area contributed by atoms with E-state index in [0.29, 0.717) is 0 Å². The van der Waals surface area contributed by atoms with Gasteiger partial charge in [0.15, 0.2) is 0 Å². The first kappa shape index (κ1) is 15.6. The van der Waals surface area contributed by atoms with Gasteiger partial charge in [-0.15, -0.1) is 0 Å². The highest BCUT2D eigenvalue weighted by Crippen LogP contribution is 2.19. The summed E-state index contributed by atoms with van der Waals surface area (Å²) in [7, 11) is 0. The van der Waals surface area contributed by atoms with Gasteiger partial charge in [-0.3, -0.25) is 4.79 Å². The molecule has 0 aliphatic rings. The van der Waals surface area contributed by atoms with Crippen molar-refractivity contribution in [3.63, 3.8) is 0 Å². The van der Waals surface area contributed by atoms with Crippen LogP contribution in [0.25, 0.3) is 0 Å². The normalized spacial score (nSPS) is 14.3. The van der Waals surface area contributed by atoms with Crippen molar-refractivity contribution in [2.24, 2.45) is 17.6 Å². The average Bonchev–Trinajstić information content (AvgIpc) is 2.28. The molecule has 2 atom stereocenters. The first-order valence-electron chi connectivity index (χ1n) is 6.32. The van der Waals surface area contributed by atoms with Crippen LogP contribution in [0.5, 0.6) is 0 Å². The zero-order valence-corrected chi connectivity index (χ0v) is 11.4. The first-order chi connectivity index (χ1) is 8.86. The van der Waals surface area contributed by atoms with Crippen molar-refractivity contribution in [3.8, 4) is 0 Å². The van der Waals surface area contributed by atoms with Gasteiger partial charge in [-0.2, -0.15) is 0 Å². The Hall–Kier alpha value is -1.49. The predicted octanol–water partition coefficient (Wildman–Crippen LogP) is 2.37. The molecule has 0 aliphatic carbocycles. The van der Waals surface area contributed by atoms with Crippen molar-refractivity contribution >= 4 is 5.91 Å². The maximum absolute atomic E-state index is 13.6. The number of carbonyl (C=O) groups is 1. The number of nitrogens with one attached hydrogen (secondary N) is 1. The van der Waals surface area contributed by atoms with Gasteiger partial charge >= 0.3 is 0 Å². The van der Waals surface area contributed by atoms with Crippen LogP contribution in [0.4, 0.5) is 8.78 Å². The highest BCUT2D eigenvalue weighted by molar-refractivity contribution is 5.79. The van der Waals surface area contributed by atoms with Gasteiger partial charge < -0.3 is 11.1 Å². The molecule has 1 amide bonds. The van der Waals surface area contributed by atoms with Crippen LogP contribution < -0.4 is 11.1 Å². The number of halogens is 2. The van der Waals surface area contributed by atoms with Crippen LogP contribution in [0, 0.1) is 23.5 Å². The number of hydrogen-bond donors (Lipinski definition) is 2. The summed E-state index contributed by atoms with van der Waals surface area (Å²) in [6, 6.07) is 2.79. The molecule has 0 heterocycles. The van der Waals surface area contributed by atoms with Gasteiger partial charge in [-0.05, 0) is 18.9 Å². The van der Waals surface area contributed by atoms with Crippen LogP contribution in [0.3, 0.4) is 0 Å². The minimum Gasteiger partial charge on any atom is -0.349 e. The predicted molar refractivity (Wildman–Crippen MR) is 70.3 cm³/mol. The lowest BCUT2D eigenvalue weighted by Gasteiger charge is -2.22. The van der Waals surface area contributed by atoms with Crippen molar-refractivity contribution in [2.75, 3.05) is 6.54 Å². The fourth-order valence-corrected chi connectivity index (χ4v) is 1.93. The second-order valence-corrected chi connectivity index (χ2v) is 4.98. The maximum atomic E-state index is 13.6. The van der Waals surface area contributed by atoms with Crippen molar-refractivity contribution in [1.82, 2.24) is 5.32 Å². The Morgan fingerprint density at radius 2 is 1.95 bits per heavy atom. The van der Waals surface area contributed by atoms with E-state index in [2.05, 4.69) is 5.32 Å². The molecule has 1 rings (SSSR count). The number of rotatable bonds is 5. The zero-order chi connectivity index (χ0) is 14.6. The quantitative estimate of drug-likeness (QED) is 0.863. The molecule has 0 radical (unpaired) electrons. The molecule has 3 nitrogen and oxygen atoms in total. The number of amides is 1. The number of carbonyl (C=O) groups excluding carboxylic acids is 1. The second-order valence-electron chi connectivity index (χ2n) is 4.98. The van der Waals surface area contributed by atoms with Crippen LogP contribution in [-0.4, -0.2) is 12.5 Å². The summed E-state index contributed by atoms with van der Waals surface area (Å²) in [6.45, 7) is 5.70. The third-order valence-corrected chi connectivity index (χ3v) is 3.18. The SMILES string of the molecule is CC(NC(=O)C(CN)C(C)C)c1ccc(F)cc1F. The van der Waals surface area contributed by atoms with Gasteiger partial charge in [0.25, 0.3) is 0 Å². The fourth-order valence-electron chi connectivity index (χ4n) is 1.93. The van der Waals surface area contributed by atoms with E-state index in [4.69, 9.17) is 5.73 Å². The molecule has 0 aromatic heterocycles. The summed E-state index contributed by atoms with van der Waals surface area (Å²) in [5.74, 6) is -1.72. The lowest BCUT2D eigenvalue weighted by Crippen LogP contribution is -2.39. The van der Waals surface area contributed by atoms with Gasteiger partial charge in [0.2, 0.25) is 5.91 Å². The number of benzene rings is 1. The van der Waals surface area contributed by atoms with E-state index in [1.165, 1.54) is 12.1 Å². The summed E-state index contributed by atoms with van der Waals surface area (Å²) in [6.07, 6.45) is 0. The second kappa shape index (κ2) is 6.61. The van der Waals surface area contributed by atoms with E-state index >= 15 is 0 Å². The molecule has 106 valence electrons. The largest absolute Gasteiger partial charge is 0.349 e. The van der Waals surface area contributed by atoms with Crippen molar-refractivity contribution < 1.29 is 13.6 Å². The summed E-state index contributed by atoms with van der Waals surface area (Å²) in [5.41, 5.74) is 5.81. The molecule has 0 saturated heterocycles. The topological polar surface area (TPSA) is 55.1 Å². The third-order valence-electron chi connectivity index (χ3n) is 3.18. The van der Waals surface area contributed by atoms with E-state index < -0.39 is 17.7 Å². The lowest BCUT2D eigenvalue weighted by atomic mass is 9.94. The number of hydrogen-bond acceptors (Lipinski definition) is 2. The Balaban J connectivity index is 2.79. The fraction of sp³-hybridized carbons (Fsp3) is 0.500. The molecule has 3 N–H and O–H groups in total. The highest BCUT2D eigenvalue weighted by atomic mass is 19.1. The van der Waals surface area contributed by atoms with Crippen LogP contribution >= 0.6 is 0 Å². The van der Waals surface area contributed by atoms with Crippen molar-refractivity contribution in [1.29, 1.82) is 0 Å². The Kier molecular flexibility index (Phi) is 5.42. The van der Waals surface area contributed by atoms with Crippen LogP contribution in [0.15, 0.2) is 18.2 Å². The van der Waals surface area contributed by atoms with E-state index in [0.717, 1.165) is 6.07 Å². The molecular weight excluding hydrogens is 250 g/mol. The van der Waals surface area contributed by atoms with Gasteiger partial charge in [0.05, 0.1) is 12.0 Å². The molecule has 0 fully saturated rings. The Morgan fingerprint density at radius 3 is 2.42 bits per heavy atom. The standard InChI is InChI=1S/C14H20F2N2O/c1-8(2)12(7-17)14(19)18-9(3)11-5-4-10(15)6-13(11)16/h4-6,8-9,12H,7,17H2,1-3H3,(H,18,19). The van der Waals surface area contributed by atoms with Crippen LogP contribution in [0.2, 0.25) is 0 Å². The van der Waals surface area contributed by atoms with E-state index in [1.54, 1.807) is 6.92 Å².